The highest BCUT2D eigenvalue weighted by molar-refractivity contribution is 5.50. The van der Waals surface area contributed by atoms with Crippen LogP contribution in [0.25, 0.3) is 0 Å². The number of hydrogen-bond acceptors (Lipinski definition) is 4. The van der Waals surface area contributed by atoms with Gasteiger partial charge in [0.15, 0.2) is 5.82 Å². The number of halogens is 1. The summed E-state index contributed by atoms with van der Waals surface area (Å²) in [5.41, 5.74) is 5.87. The van der Waals surface area contributed by atoms with Crippen molar-refractivity contribution >= 4 is 11.4 Å². The van der Waals surface area contributed by atoms with E-state index in [1.807, 2.05) is 0 Å². The molecular weight excluding hydrogens is 237 g/mol. The molecule has 0 amide bonds. The maximum absolute atomic E-state index is 13.6. The number of anilines is 1. The number of nitrogens with zero attached hydrogens (tertiary/aromatic N) is 1. The van der Waals surface area contributed by atoms with Crippen LogP contribution in [0.1, 0.15) is 19.3 Å². The van der Waals surface area contributed by atoms with E-state index in [0.29, 0.717) is 18.2 Å². The molecule has 1 aliphatic rings. The monoisotopic (exact) mass is 253 g/mol. The second kappa shape index (κ2) is 5.30. The van der Waals surface area contributed by atoms with Crippen LogP contribution in [0.2, 0.25) is 0 Å². The Morgan fingerprint density at radius 3 is 2.83 bits per heavy atom. The number of nitro groups is 1. The predicted octanol–water partition coefficient (Wildman–Crippen LogP) is 2.27. The highest BCUT2D eigenvalue weighted by Gasteiger charge is 2.21. The molecule has 1 aromatic carbocycles. The van der Waals surface area contributed by atoms with Crippen molar-refractivity contribution in [1.82, 2.24) is 0 Å². The van der Waals surface area contributed by atoms with E-state index < -0.39 is 10.7 Å². The van der Waals surface area contributed by atoms with Crippen LogP contribution in [-0.2, 0) is 0 Å². The normalized spacial score (nSPS) is 23.0. The molecule has 98 valence electrons. The number of rotatable bonds is 4. The molecule has 0 bridgehead atoms. The molecule has 0 heterocycles. The first-order valence-corrected chi connectivity index (χ1v) is 5.99. The van der Waals surface area contributed by atoms with Gasteiger partial charge in [0.25, 0.3) is 5.69 Å². The minimum absolute atomic E-state index is 0.235. The van der Waals surface area contributed by atoms with Crippen LogP contribution in [0.3, 0.4) is 0 Å². The van der Waals surface area contributed by atoms with Gasteiger partial charge in [0.1, 0.15) is 0 Å². The number of benzene rings is 1. The summed E-state index contributed by atoms with van der Waals surface area (Å²) in [4.78, 5) is 9.86. The summed E-state index contributed by atoms with van der Waals surface area (Å²) >= 11 is 0. The molecule has 0 saturated heterocycles. The molecule has 1 aliphatic carbocycles. The van der Waals surface area contributed by atoms with Crippen LogP contribution in [0.15, 0.2) is 18.2 Å². The lowest BCUT2D eigenvalue weighted by atomic mass is 10.1. The van der Waals surface area contributed by atoms with Crippen LogP contribution in [0.4, 0.5) is 15.8 Å². The largest absolute Gasteiger partial charge is 0.382 e. The van der Waals surface area contributed by atoms with E-state index >= 15 is 0 Å². The van der Waals surface area contributed by atoms with E-state index in [4.69, 9.17) is 5.73 Å². The van der Waals surface area contributed by atoms with Crippen molar-refractivity contribution in [2.75, 3.05) is 11.9 Å². The summed E-state index contributed by atoms with van der Waals surface area (Å²) < 4.78 is 13.6. The van der Waals surface area contributed by atoms with Crippen molar-refractivity contribution in [2.45, 2.75) is 25.3 Å². The van der Waals surface area contributed by atoms with Gasteiger partial charge < -0.3 is 11.1 Å². The molecule has 18 heavy (non-hydrogen) atoms. The fourth-order valence-electron chi connectivity index (χ4n) is 2.31. The average Bonchev–Trinajstić information content (AvgIpc) is 2.73. The first kappa shape index (κ1) is 12.8. The predicted molar refractivity (Wildman–Crippen MR) is 66.9 cm³/mol. The second-order valence-corrected chi connectivity index (χ2v) is 4.74. The summed E-state index contributed by atoms with van der Waals surface area (Å²) in [6.45, 7) is 0.655. The molecule has 1 fully saturated rings. The van der Waals surface area contributed by atoms with Gasteiger partial charge in [-0.3, -0.25) is 10.1 Å². The number of hydrogen-bond donors (Lipinski definition) is 2. The van der Waals surface area contributed by atoms with Gasteiger partial charge in [0, 0.05) is 18.7 Å². The summed E-state index contributed by atoms with van der Waals surface area (Å²) in [5.74, 6) is -0.138. The average molecular weight is 253 g/mol. The number of nitro benzene ring substituents is 1. The van der Waals surface area contributed by atoms with Crippen molar-refractivity contribution in [2.24, 2.45) is 11.7 Å². The third-order valence-corrected chi connectivity index (χ3v) is 3.33. The molecule has 5 nitrogen and oxygen atoms in total. The lowest BCUT2D eigenvalue weighted by Crippen LogP contribution is -2.18. The van der Waals surface area contributed by atoms with Crippen LogP contribution < -0.4 is 11.1 Å². The zero-order valence-electron chi connectivity index (χ0n) is 9.93. The van der Waals surface area contributed by atoms with Crippen LogP contribution in [0, 0.1) is 21.8 Å². The Kier molecular flexibility index (Phi) is 3.76. The highest BCUT2D eigenvalue weighted by Crippen LogP contribution is 2.26. The Bertz CT molecular complexity index is 453. The van der Waals surface area contributed by atoms with Gasteiger partial charge in [-0.2, -0.15) is 0 Å². The lowest BCUT2D eigenvalue weighted by Gasteiger charge is -2.12. The fourth-order valence-corrected chi connectivity index (χ4v) is 2.31. The summed E-state index contributed by atoms with van der Waals surface area (Å²) in [6.07, 6.45) is 3.00. The van der Waals surface area contributed by atoms with E-state index in [-0.39, 0.29) is 11.7 Å². The minimum Gasteiger partial charge on any atom is -0.382 e. The minimum atomic E-state index is -0.608. The molecule has 0 aromatic heterocycles. The first-order chi connectivity index (χ1) is 8.56. The Morgan fingerprint density at radius 2 is 2.28 bits per heavy atom. The topological polar surface area (TPSA) is 81.2 Å². The van der Waals surface area contributed by atoms with Gasteiger partial charge in [-0.05, 0) is 31.2 Å². The smallest absolute Gasteiger partial charge is 0.272 e. The van der Waals surface area contributed by atoms with Crippen LogP contribution in [0.5, 0.6) is 0 Å². The summed E-state index contributed by atoms with van der Waals surface area (Å²) in [7, 11) is 0. The van der Waals surface area contributed by atoms with E-state index in [9.17, 15) is 14.5 Å². The molecule has 3 N–H and O–H groups in total. The number of nitrogens with two attached hydrogens (primary N) is 1. The highest BCUT2D eigenvalue weighted by atomic mass is 19.1. The molecule has 2 rings (SSSR count). The van der Waals surface area contributed by atoms with E-state index in [0.717, 1.165) is 25.3 Å². The van der Waals surface area contributed by atoms with Crippen LogP contribution in [-0.4, -0.2) is 17.5 Å². The Hall–Kier alpha value is -1.69. The quantitative estimate of drug-likeness (QED) is 0.637. The standard InChI is InChI=1S/C12H16FN3O2/c13-11-6-10(16(17)18)3-4-12(11)15-7-8-1-2-9(14)5-8/h3-4,6,8-9,15H,1-2,5,7,14H2/t8-,9+/m0/s1. The number of non-ortho nitro benzene ring substituents is 1. The lowest BCUT2D eigenvalue weighted by molar-refractivity contribution is -0.385. The second-order valence-electron chi connectivity index (χ2n) is 4.74. The van der Waals surface area contributed by atoms with Crippen molar-refractivity contribution in [3.8, 4) is 0 Å². The van der Waals surface area contributed by atoms with E-state index in [2.05, 4.69) is 5.32 Å². The summed E-state index contributed by atoms with van der Waals surface area (Å²) in [5, 5.41) is 13.5. The summed E-state index contributed by atoms with van der Waals surface area (Å²) in [6, 6.07) is 3.88. The zero-order valence-corrected chi connectivity index (χ0v) is 9.93. The molecule has 1 saturated carbocycles. The van der Waals surface area contributed by atoms with Gasteiger partial charge >= 0.3 is 0 Å². The molecule has 0 spiro atoms. The van der Waals surface area contributed by atoms with E-state index in [1.54, 1.807) is 0 Å². The van der Waals surface area contributed by atoms with Crippen molar-refractivity contribution in [3.05, 3.63) is 34.1 Å². The van der Waals surface area contributed by atoms with Crippen molar-refractivity contribution < 1.29 is 9.31 Å². The molecule has 0 radical (unpaired) electrons. The van der Waals surface area contributed by atoms with Crippen molar-refractivity contribution in [3.63, 3.8) is 0 Å². The molecule has 1 aromatic rings. The zero-order chi connectivity index (χ0) is 13.1. The maximum Gasteiger partial charge on any atom is 0.272 e. The first-order valence-electron chi connectivity index (χ1n) is 5.99. The van der Waals surface area contributed by atoms with Gasteiger partial charge in [-0.25, -0.2) is 4.39 Å². The number of nitrogens with one attached hydrogen (secondary N) is 1. The Labute approximate surface area is 104 Å². The maximum atomic E-state index is 13.6. The van der Waals surface area contributed by atoms with Gasteiger partial charge in [0.2, 0.25) is 0 Å². The Balaban J connectivity index is 1.95. The third-order valence-electron chi connectivity index (χ3n) is 3.33. The third kappa shape index (κ3) is 2.95. The SMILES string of the molecule is N[C@@H]1CC[C@H](CNc2ccc([N+](=O)[O-])cc2F)C1. The van der Waals surface area contributed by atoms with Crippen LogP contribution >= 0.6 is 0 Å². The van der Waals surface area contributed by atoms with E-state index in [1.165, 1.54) is 12.1 Å². The molecule has 6 heteroatoms. The van der Waals surface area contributed by atoms with Gasteiger partial charge in [-0.15, -0.1) is 0 Å². The Morgan fingerprint density at radius 1 is 1.50 bits per heavy atom. The fraction of sp³-hybridized carbons (Fsp3) is 0.500. The van der Waals surface area contributed by atoms with Crippen molar-refractivity contribution in [1.29, 1.82) is 0 Å². The van der Waals surface area contributed by atoms with Gasteiger partial charge in [-0.1, -0.05) is 0 Å². The van der Waals surface area contributed by atoms with Gasteiger partial charge in [0.05, 0.1) is 16.7 Å². The molecule has 0 aliphatic heterocycles. The molecule has 0 unspecified atom stereocenters. The molecular formula is C12H16FN3O2. The molecule has 2 atom stereocenters.